The van der Waals surface area contributed by atoms with Gasteiger partial charge in [0.1, 0.15) is 0 Å². The minimum Gasteiger partial charge on any atom is -0.353 e. The minimum absolute atomic E-state index is 0.452. The predicted octanol–water partition coefficient (Wildman–Crippen LogP) is 2.13. The van der Waals surface area contributed by atoms with Crippen LogP contribution in [0.15, 0.2) is 12.1 Å². The Hall–Kier alpha value is -1.16. The van der Waals surface area contributed by atoms with Gasteiger partial charge in [-0.2, -0.15) is 5.10 Å². The van der Waals surface area contributed by atoms with E-state index in [1.54, 1.807) is 0 Å². The van der Waals surface area contributed by atoms with Crippen molar-refractivity contribution in [3.8, 4) is 0 Å². The second kappa shape index (κ2) is 6.14. The fourth-order valence-corrected chi connectivity index (χ4v) is 2.33. The van der Waals surface area contributed by atoms with Crippen LogP contribution < -0.4 is 4.90 Å². The molecule has 0 spiro atoms. The molecule has 0 amide bonds. The number of nitrogens with zero attached hydrogens (tertiary/aromatic N) is 4. The first-order chi connectivity index (χ1) is 8.70. The number of hydrogen-bond donors (Lipinski definition) is 0. The molecule has 2 rings (SSSR count). The Labute approximate surface area is 110 Å². The highest BCUT2D eigenvalue weighted by molar-refractivity contribution is 5.38. The molecule has 0 unspecified atom stereocenters. The molecule has 0 saturated carbocycles. The second-order valence-corrected chi connectivity index (χ2v) is 5.30. The van der Waals surface area contributed by atoms with Crippen LogP contribution in [-0.2, 0) is 0 Å². The highest BCUT2D eigenvalue weighted by Gasteiger charge is 2.17. The molecule has 1 aromatic rings. The van der Waals surface area contributed by atoms with Gasteiger partial charge < -0.3 is 4.90 Å². The molecule has 18 heavy (non-hydrogen) atoms. The Morgan fingerprint density at radius 1 is 1.11 bits per heavy atom. The number of anilines is 1. The Morgan fingerprint density at radius 2 is 1.83 bits per heavy atom. The Bertz CT molecular complexity index is 353. The summed E-state index contributed by atoms with van der Waals surface area (Å²) >= 11 is 0. The van der Waals surface area contributed by atoms with Crippen LogP contribution in [0.5, 0.6) is 0 Å². The lowest BCUT2D eigenvalue weighted by Crippen LogP contribution is -2.46. The SMILES string of the molecule is CCCN1CCN(c2ccc(C(C)C)nn2)CC1. The summed E-state index contributed by atoms with van der Waals surface area (Å²) < 4.78 is 0. The van der Waals surface area contributed by atoms with Crippen molar-refractivity contribution in [2.75, 3.05) is 37.6 Å². The topological polar surface area (TPSA) is 32.3 Å². The van der Waals surface area contributed by atoms with E-state index in [-0.39, 0.29) is 0 Å². The Balaban J connectivity index is 1.93. The monoisotopic (exact) mass is 248 g/mol. The van der Waals surface area contributed by atoms with Crippen molar-refractivity contribution in [1.82, 2.24) is 15.1 Å². The fourth-order valence-electron chi connectivity index (χ4n) is 2.33. The minimum atomic E-state index is 0.452. The highest BCUT2D eigenvalue weighted by Crippen LogP contribution is 2.16. The van der Waals surface area contributed by atoms with Gasteiger partial charge in [-0.1, -0.05) is 20.8 Å². The molecule has 4 nitrogen and oxygen atoms in total. The van der Waals surface area contributed by atoms with E-state index in [0.29, 0.717) is 5.92 Å². The number of hydrogen-bond acceptors (Lipinski definition) is 4. The van der Waals surface area contributed by atoms with Crippen molar-refractivity contribution in [1.29, 1.82) is 0 Å². The van der Waals surface area contributed by atoms with Crippen molar-refractivity contribution in [3.05, 3.63) is 17.8 Å². The molecule has 1 aromatic heterocycles. The molecular weight excluding hydrogens is 224 g/mol. The summed E-state index contributed by atoms with van der Waals surface area (Å²) in [5.41, 5.74) is 1.07. The third-order valence-corrected chi connectivity index (χ3v) is 3.50. The average molecular weight is 248 g/mol. The third kappa shape index (κ3) is 3.19. The molecular formula is C14H24N4. The summed E-state index contributed by atoms with van der Waals surface area (Å²) in [5.74, 6) is 1.48. The van der Waals surface area contributed by atoms with Crippen molar-refractivity contribution in [3.63, 3.8) is 0 Å². The van der Waals surface area contributed by atoms with E-state index in [9.17, 15) is 0 Å². The molecule has 100 valence electrons. The van der Waals surface area contributed by atoms with Gasteiger partial charge in [0, 0.05) is 26.2 Å². The van der Waals surface area contributed by atoms with Crippen LogP contribution in [0.4, 0.5) is 5.82 Å². The maximum atomic E-state index is 4.35. The van der Waals surface area contributed by atoms with Gasteiger partial charge in [-0.25, -0.2) is 0 Å². The standard InChI is InChI=1S/C14H24N4/c1-4-7-17-8-10-18(11-9-17)14-6-5-13(12(2)3)15-16-14/h5-6,12H,4,7-11H2,1-3H3. The number of rotatable bonds is 4. The molecule has 4 heteroatoms. The predicted molar refractivity (Wildman–Crippen MR) is 75.1 cm³/mol. The molecule has 0 radical (unpaired) electrons. The van der Waals surface area contributed by atoms with E-state index in [2.05, 4.69) is 52.9 Å². The molecule has 1 aliphatic rings. The largest absolute Gasteiger partial charge is 0.353 e. The normalized spacial score (nSPS) is 17.4. The van der Waals surface area contributed by atoms with Crippen molar-refractivity contribution >= 4 is 5.82 Å². The molecule has 1 saturated heterocycles. The van der Waals surface area contributed by atoms with Gasteiger partial charge in [-0.3, -0.25) is 4.90 Å². The smallest absolute Gasteiger partial charge is 0.151 e. The molecule has 0 bridgehead atoms. The van der Waals surface area contributed by atoms with Gasteiger partial charge >= 0.3 is 0 Å². The van der Waals surface area contributed by atoms with Gasteiger partial charge in [0.15, 0.2) is 5.82 Å². The van der Waals surface area contributed by atoms with E-state index < -0.39 is 0 Å². The zero-order chi connectivity index (χ0) is 13.0. The maximum Gasteiger partial charge on any atom is 0.151 e. The lowest BCUT2D eigenvalue weighted by atomic mass is 10.1. The second-order valence-electron chi connectivity index (χ2n) is 5.30. The third-order valence-electron chi connectivity index (χ3n) is 3.50. The van der Waals surface area contributed by atoms with E-state index in [1.165, 1.54) is 13.0 Å². The van der Waals surface area contributed by atoms with Gasteiger partial charge in [0.2, 0.25) is 0 Å². The van der Waals surface area contributed by atoms with Crippen LogP contribution in [-0.4, -0.2) is 47.8 Å². The molecule has 0 N–H and O–H groups in total. The fraction of sp³-hybridized carbons (Fsp3) is 0.714. The van der Waals surface area contributed by atoms with E-state index in [4.69, 9.17) is 0 Å². The van der Waals surface area contributed by atoms with Crippen LogP contribution in [0.2, 0.25) is 0 Å². The van der Waals surface area contributed by atoms with Gasteiger partial charge in [0.05, 0.1) is 5.69 Å². The van der Waals surface area contributed by atoms with Gasteiger partial charge in [-0.15, -0.1) is 5.10 Å². The maximum absolute atomic E-state index is 4.35. The van der Waals surface area contributed by atoms with E-state index in [1.807, 2.05) is 0 Å². The zero-order valence-corrected chi connectivity index (χ0v) is 11.8. The van der Waals surface area contributed by atoms with Crippen molar-refractivity contribution in [2.24, 2.45) is 0 Å². The van der Waals surface area contributed by atoms with Crippen molar-refractivity contribution in [2.45, 2.75) is 33.1 Å². The van der Waals surface area contributed by atoms with Crippen LogP contribution in [0.1, 0.15) is 38.8 Å². The molecule has 0 aliphatic carbocycles. The summed E-state index contributed by atoms with van der Waals surface area (Å²) in [6.45, 7) is 12.2. The summed E-state index contributed by atoms with van der Waals surface area (Å²) in [6.07, 6.45) is 1.24. The lowest BCUT2D eigenvalue weighted by molar-refractivity contribution is 0.258. The average Bonchev–Trinajstić information content (AvgIpc) is 2.40. The van der Waals surface area contributed by atoms with Crippen molar-refractivity contribution < 1.29 is 0 Å². The number of piperazine rings is 1. The summed E-state index contributed by atoms with van der Waals surface area (Å²) in [5, 5.41) is 8.66. The van der Waals surface area contributed by atoms with Crippen LogP contribution in [0, 0.1) is 0 Å². The van der Waals surface area contributed by atoms with Gasteiger partial charge in [-0.05, 0) is 31.0 Å². The number of aromatic nitrogens is 2. The summed E-state index contributed by atoms with van der Waals surface area (Å²) in [4.78, 5) is 4.86. The first-order valence-electron chi connectivity index (χ1n) is 7.01. The molecule has 2 heterocycles. The van der Waals surface area contributed by atoms with Crippen LogP contribution in [0.25, 0.3) is 0 Å². The Kier molecular flexibility index (Phi) is 4.53. The lowest BCUT2D eigenvalue weighted by Gasteiger charge is -2.35. The van der Waals surface area contributed by atoms with E-state index in [0.717, 1.165) is 37.7 Å². The molecule has 1 aliphatic heterocycles. The first-order valence-corrected chi connectivity index (χ1v) is 7.01. The van der Waals surface area contributed by atoms with Gasteiger partial charge in [0.25, 0.3) is 0 Å². The van der Waals surface area contributed by atoms with Crippen LogP contribution >= 0.6 is 0 Å². The van der Waals surface area contributed by atoms with Crippen LogP contribution in [0.3, 0.4) is 0 Å². The quantitative estimate of drug-likeness (QED) is 0.817. The first kappa shape index (κ1) is 13.3. The summed E-state index contributed by atoms with van der Waals surface area (Å²) in [6, 6.07) is 4.21. The van der Waals surface area contributed by atoms with E-state index >= 15 is 0 Å². The molecule has 0 atom stereocenters. The molecule has 1 fully saturated rings. The molecule has 0 aromatic carbocycles. The zero-order valence-electron chi connectivity index (χ0n) is 11.8. The summed E-state index contributed by atoms with van der Waals surface area (Å²) in [7, 11) is 0. The highest BCUT2D eigenvalue weighted by atomic mass is 15.3. The Morgan fingerprint density at radius 3 is 2.33 bits per heavy atom.